The lowest BCUT2D eigenvalue weighted by atomic mass is 10.0. The first-order chi connectivity index (χ1) is 7.99. The van der Waals surface area contributed by atoms with Gasteiger partial charge in [-0.1, -0.05) is 13.8 Å². The highest BCUT2D eigenvalue weighted by molar-refractivity contribution is 5.76. The van der Waals surface area contributed by atoms with E-state index in [2.05, 4.69) is 10.6 Å². The molecule has 1 amide bonds. The van der Waals surface area contributed by atoms with Crippen LogP contribution in [0.3, 0.4) is 0 Å². The van der Waals surface area contributed by atoms with Gasteiger partial charge in [-0.2, -0.15) is 0 Å². The fourth-order valence-electron chi connectivity index (χ4n) is 1.33. The van der Waals surface area contributed by atoms with E-state index in [1.165, 1.54) is 0 Å². The van der Waals surface area contributed by atoms with Crippen LogP contribution in [0, 0.1) is 5.92 Å². The third-order valence-electron chi connectivity index (χ3n) is 2.28. The van der Waals surface area contributed by atoms with E-state index in [0.717, 1.165) is 0 Å². The number of carboxylic acid groups (broad SMARTS) is 1. The second kappa shape index (κ2) is 8.95. The van der Waals surface area contributed by atoms with Gasteiger partial charge in [-0.25, -0.2) is 0 Å². The van der Waals surface area contributed by atoms with Crippen molar-refractivity contribution in [1.29, 1.82) is 0 Å². The molecule has 0 aromatic rings. The van der Waals surface area contributed by atoms with Gasteiger partial charge in [-0.3, -0.25) is 9.59 Å². The molecule has 0 spiro atoms. The van der Waals surface area contributed by atoms with E-state index in [1.807, 2.05) is 13.8 Å². The van der Waals surface area contributed by atoms with Crippen molar-refractivity contribution in [2.24, 2.45) is 5.92 Å². The van der Waals surface area contributed by atoms with Crippen molar-refractivity contribution in [2.75, 3.05) is 26.8 Å². The van der Waals surface area contributed by atoms with Gasteiger partial charge in [0.1, 0.15) is 6.04 Å². The third kappa shape index (κ3) is 7.70. The molecule has 1 unspecified atom stereocenters. The lowest BCUT2D eigenvalue weighted by molar-refractivity contribution is -0.140. The second-order valence-corrected chi connectivity index (χ2v) is 4.11. The number of hydrogen-bond donors (Lipinski definition) is 3. The van der Waals surface area contributed by atoms with Crippen LogP contribution >= 0.6 is 0 Å². The molecule has 1 atom stereocenters. The zero-order chi connectivity index (χ0) is 13.3. The van der Waals surface area contributed by atoms with Crippen LogP contribution in [0.4, 0.5) is 0 Å². The summed E-state index contributed by atoms with van der Waals surface area (Å²) in [6.07, 6.45) is 0.264. The van der Waals surface area contributed by atoms with E-state index in [0.29, 0.717) is 19.7 Å². The minimum Gasteiger partial charge on any atom is -0.480 e. The SMILES string of the molecule is COCCNC(=O)CCNC(C(=O)O)C(C)C. The van der Waals surface area contributed by atoms with Gasteiger partial charge in [0.2, 0.25) is 5.91 Å². The van der Waals surface area contributed by atoms with Crippen LogP contribution in [0.15, 0.2) is 0 Å². The molecule has 0 bridgehead atoms. The highest BCUT2D eigenvalue weighted by Gasteiger charge is 2.20. The molecule has 0 saturated heterocycles. The molecule has 17 heavy (non-hydrogen) atoms. The van der Waals surface area contributed by atoms with Crippen LogP contribution in [-0.4, -0.2) is 49.8 Å². The standard InChI is InChI=1S/C11H22N2O4/c1-8(2)10(11(15)16)13-5-4-9(14)12-6-7-17-3/h8,10,13H,4-7H2,1-3H3,(H,12,14)(H,15,16). The van der Waals surface area contributed by atoms with Gasteiger partial charge < -0.3 is 20.5 Å². The van der Waals surface area contributed by atoms with Gasteiger partial charge in [0, 0.05) is 26.6 Å². The summed E-state index contributed by atoms with van der Waals surface area (Å²) >= 11 is 0. The number of ether oxygens (including phenoxy) is 1. The Hall–Kier alpha value is -1.14. The summed E-state index contributed by atoms with van der Waals surface area (Å²) < 4.78 is 4.79. The quantitative estimate of drug-likeness (QED) is 0.492. The van der Waals surface area contributed by atoms with Crippen molar-refractivity contribution < 1.29 is 19.4 Å². The van der Waals surface area contributed by atoms with Crippen molar-refractivity contribution in [3.8, 4) is 0 Å². The second-order valence-electron chi connectivity index (χ2n) is 4.11. The third-order valence-corrected chi connectivity index (χ3v) is 2.28. The van der Waals surface area contributed by atoms with Gasteiger partial charge in [-0.15, -0.1) is 0 Å². The number of amides is 1. The Kier molecular flexibility index (Phi) is 8.35. The Labute approximate surface area is 102 Å². The first-order valence-corrected chi connectivity index (χ1v) is 5.70. The molecule has 0 rings (SSSR count). The first-order valence-electron chi connectivity index (χ1n) is 5.70. The molecular formula is C11H22N2O4. The van der Waals surface area contributed by atoms with Crippen LogP contribution in [-0.2, 0) is 14.3 Å². The molecule has 0 heterocycles. The highest BCUT2D eigenvalue weighted by Crippen LogP contribution is 2.01. The molecule has 100 valence electrons. The summed E-state index contributed by atoms with van der Waals surface area (Å²) in [5, 5.41) is 14.4. The maximum atomic E-state index is 11.3. The molecule has 0 aromatic carbocycles. The average Bonchev–Trinajstić information content (AvgIpc) is 2.23. The number of hydrogen-bond acceptors (Lipinski definition) is 4. The zero-order valence-electron chi connectivity index (χ0n) is 10.7. The summed E-state index contributed by atoms with van der Waals surface area (Å²) in [4.78, 5) is 22.1. The predicted octanol–water partition coefficient (Wildman–Crippen LogP) is -0.162. The smallest absolute Gasteiger partial charge is 0.320 e. The van der Waals surface area contributed by atoms with E-state index < -0.39 is 12.0 Å². The molecule has 6 nitrogen and oxygen atoms in total. The molecule has 3 N–H and O–H groups in total. The van der Waals surface area contributed by atoms with Crippen molar-refractivity contribution >= 4 is 11.9 Å². The molecule has 0 aliphatic heterocycles. The Morgan fingerprint density at radius 2 is 1.94 bits per heavy atom. The molecule has 0 aliphatic carbocycles. The molecule has 0 aliphatic rings. The van der Waals surface area contributed by atoms with Gasteiger partial charge in [0.15, 0.2) is 0 Å². The molecule has 0 aromatic heterocycles. The Bertz CT molecular complexity index is 244. The van der Waals surface area contributed by atoms with Gasteiger partial charge in [-0.05, 0) is 5.92 Å². The summed E-state index contributed by atoms with van der Waals surface area (Å²) in [5.41, 5.74) is 0. The number of carbonyl (C=O) groups is 2. The number of carboxylic acids is 1. The number of aliphatic carboxylic acids is 1. The Morgan fingerprint density at radius 1 is 1.29 bits per heavy atom. The van der Waals surface area contributed by atoms with Crippen molar-refractivity contribution in [3.05, 3.63) is 0 Å². The average molecular weight is 246 g/mol. The lowest BCUT2D eigenvalue weighted by Gasteiger charge is -2.17. The fourth-order valence-corrected chi connectivity index (χ4v) is 1.33. The number of nitrogens with one attached hydrogen (secondary N) is 2. The monoisotopic (exact) mass is 246 g/mol. The minimum atomic E-state index is -0.889. The molecular weight excluding hydrogens is 224 g/mol. The molecule has 0 saturated carbocycles. The van der Waals surface area contributed by atoms with Crippen LogP contribution in [0.2, 0.25) is 0 Å². The lowest BCUT2D eigenvalue weighted by Crippen LogP contribution is -2.42. The maximum Gasteiger partial charge on any atom is 0.320 e. The number of methoxy groups -OCH3 is 1. The first kappa shape index (κ1) is 15.9. The highest BCUT2D eigenvalue weighted by atomic mass is 16.5. The van der Waals surface area contributed by atoms with Crippen LogP contribution in [0.5, 0.6) is 0 Å². The van der Waals surface area contributed by atoms with Crippen molar-refractivity contribution in [2.45, 2.75) is 26.3 Å². The molecule has 0 radical (unpaired) electrons. The van der Waals surface area contributed by atoms with Crippen molar-refractivity contribution in [3.63, 3.8) is 0 Å². The van der Waals surface area contributed by atoms with E-state index >= 15 is 0 Å². The van der Waals surface area contributed by atoms with E-state index in [1.54, 1.807) is 7.11 Å². The minimum absolute atomic E-state index is 0.0101. The topological polar surface area (TPSA) is 87.7 Å². The van der Waals surface area contributed by atoms with Crippen LogP contribution in [0.25, 0.3) is 0 Å². The van der Waals surface area contributed by atoms with E-state index in [4.69, 9.17) is 9.84 Å². The van der Waals surface area contributed by atoms with Crippen LogP contribution in [0.1, 0.15) is 20.3 Å². The molecule has 0 fully saturated rings. The van der Waals surface area contributed by atoms with E-state index in [9.17, 15) is 9.59 Å². The van der Waals surface area contributed by atoms with E-state index in [-0.39, 0.29) is 18.2 Å². The van der Waals surface area contributed by atoms with Crippen molar-refractivity contribution in [1.82, 2.24) is 10.6 Å². The Morgan fingerprint density at radius 3 is 2.41 bits per heavy atom. The number of rotatable bonds is 9. The summed E-state index contributed by atoms with van der Waals surface area (Å²) in [6, 6.07) is -0.609. The summed E-state index contributed by atoms with van der Waals surface area (Å²) in [7, 11) is 1.56. The fraction of sp³-hybridized carbons (Fsp3) is 0.818. The Balaban J connectivity index is 3.73. The largest absolute Gasteiger partial charge is 0.480 e. The predicted molar refractivity (Wildman–Crippen MR) is 63.8 cm³/mol. The number of carbonyl (C=O) groups excluding carboxylic acids is 1. The van der Waals surface area contributed by atoms with Crippen LogP contribution < -0.4 is 10.6 Å². The molecule has 6 heteroatoms. The normalized spacial score (nSPS) is 12.5. The summed E-state index contributed by atoms with van der Waals surface area (Å²) in [5.74, 6) is -1.01. The van der Waals surface area contributed by atoms with Gasteiger partial charge in [0.05, 0.1) is 6.61 Å². The summed E-state index contributed by atoms with van der Waals surface area (Å²) in [6.45, 7) is 4.95. The maximum absolute atomic E-state index is 11.3. The van der Waals surface area contributed by atoms with Gasteiger partial charge in [0.25, 0.3) is 0 Å². The zero-order valence-corrected chi connectivity index (χ0v) is 10.7. The van der Waals surface area contributed by atoms with Gasteiger partial charge >= 0.3 is 5.97 Å².